The smallest absolute Gasteiger partial charge is 0.353 e. The second kappa shape index (κ2) is 8.81. The van der Waals surface area contributed by atoms with Gasteiger partial charge in [0, 0.05) is 13.6 Å². The lowest BCUT2D eigenvalue weighted by Gasteiger charge is -2.19. The van der Waals surface area contributed by atoms with E-state index in [9.17, 15) is 10.1 Å². The summed E-state index contributed by atoms with van der Waals surface area (Å²) in [5, 5.41) is 14.8. The minimum Gasteiger partial charge on any atom is -0.492 e. The van der Waals surface area contributed by atoms with Gasteiger partial charge in [0.2, 0.25) is 11.6 Å². The van der Waals surface area contributed by atoms with E-state index in [-0.39, 0.29) is 17.3 Å². The van der Waals surface area contributed by atoms with E-state index in [0.29, 0.717) is 24.6 Å². The van der Waals surface area contributed by atoms with Crippen LogP contribution in [0, 0.1) is 10.1 Å². The van der Waals surface area contributed by atoms with E-state index in [1.807, 2.05) is 49.4 Å². The zero-order valence-electron chi connectivity index (χ0n) is 15.7. The van der Waals surface area contributed by atoms with E-state index < -0.39 is 4.92 Å². The Hall–Kier alpha value is -3.68. The van der Waals surface area contributed by atoms with Gasteiger partial charge in [-0.15, -0.1) is 0 Å². The molecule has 0 saturated heterocycles. The summed E-state index contributed by atoms with van der Waals surface area (Å²) in [7, 11) is 1.76. The molecule has 2 aromatic carbocycles. The van der Waals surface area contributed by atoms with Crippen LogP contribution in [0.3, 0.4) is 0 Å². The second-order valence-electron chi connectivity index (χ2n) is 6.05. The van der Waals surface area contributed by atoms with Crippen LogP contribution in [0.4, 0.5) is 23.0 Å². The summed E-state index contributed by atoms with van der Waals surface area (Å²) in [6, 6.07) is 16.9. The highest BCUT2D eigenvalue weighted by molar-refractivity contribution is 5.76. The lowest BCUT2D eigenvalue weighted by molar-refractivity contribution is -0.383. The van der Waals surface area contributed by atoms with Crippen LogP contribution in [0.1, 0.15) is 12.5 Å². The molecule has 3 rings (SSSR count). The molecule has 144 valence electrons. The Labute approximate surface area is 163 Å². The molecule has 8 nitrogen and oxygen atoms in total. The first-order valence-electron chi connectivity index (χ1n) is 8.83. The minimum atomic E-state index is -0.470. The van der Waals surface area contributed by atoms with Crippen molar-refractivity contribution in [2.75, 3.05) is 23.9 Å². The molecular weight excluding hydrogens is 358 g/mol. The van der Waals surface area contributed by atoms with E-state index in [2.05, 4.69) is 15.3 Å². The maximum atomic E-state index is 11.8. The fraction of sp³-hybridized carbons (Fsp3) is 0.200. The molecular formula is C20H21N5O3. The monoisotopic (exact) mass is 379 g/mol. The quantitative estimate of drug-likeness (QED) is 0.464. The number of para-hydroxylation sites is 2. The molecule has 28 heavy (non-hydrogen) atoms. The predicted molar refractivity (Wildman–Crippen MR) is 108 cm³/mol. The maximum Gasteiger partial charge on any atom is 0.353 e. The van der Waals surface area contributed by atoms with E-state index in [1.165, 1.54) is 6.33 Å². The number of rotatable bonds is 8. The summed E-state index contributed by atoms with van der Waals surface area (Å²) in [5.41, 5.74) is 1.43. The number of anilines is 3. The number of nitrogens with one attached hydrogen (secondary N) is 1. The van der Waals surface area contributed by atoms with Crippen molar-refractivity contribution in [3.8, 4) is 5.75 Å². The summed E-state index contributed by atoms with van der Waals surface area (Å²) in [6.07, 6.45) is 1.31. The first-order chi connectivity index (χ1) is 13.6. The third kappa shape index (κ3) is 4.35. The van der Waals surface area contributed by atoms with Gasteiger partial charge in [-0.05, 0) is 24.6 Å². The minimum absolute atomic E-state index is 0.113. The summed E-state index contributed by atoms with van der Waals surface area (Å²) in [6.45, 7) is 2.84. The van der Waals surface area contributed by atoms with Crippen molar-refractivity contribution in [1.82, 2.24) is 9.97 Å². The fourth-order valence-corrected chi connectivity index (χ4v) is 2.82. The molecule has 1 N–H and O–H groups in total. The standard InChI is InChI=1S/C20H21N5O3/c1-3-28-17-12-8-7-11-16(17)23-19-18(25(26)27)20(22-14-21-19)24(2)13-15-9-5-4-6-10-15/h4-12,14H,3,13H2,1-2H3,(H,21,22,23). The number of aromatic nitrogens is 2. The Morgan fingerprint density at radius 3 is 2.54 bits per heavy atom. The number of hydrogen-bond donors (Lipinski definition) is 1. The number of nitrogens with zero attached hydrogens (tertiary/aromatic N) is 4. The molecule has 0 aliphatic carbocycles. The van der Waals surface area contributed by atoms with Gasteiger partial charge in [-0.1, -0.05) is 42.5 Å². The normalized spacial score (nSPS) is 10.4. The molecule has 3 aromatic rings. The Morgan fingerprint density at radius 2 is 1.82 bits per heavy atom. The number of benzene rings is 2. The van der Waals surface area contributed by atoms with E-state index in [1.54, 1.807) is 24.1 Å². The molecule has 0 amide bonds. The summed E-state index contributed by atoms with van der Waals surface area (Å²) in [4.78, 5) is 21.3. The topological polar surface area (TPSA) is 93.4 Å². The highest BCUT2D eigenvalue weighted by Gasteiger charge is 2.26. The lowest BCUT2D eigenvalue weighted by atomic mass is 10.2. The molecule has 0 spiro atoms. The van der Waals surface area contributed by atoms with Crippen molar-refractivity contribution in [2.45, 2.75) is 13.5 Å². The summed E-state index contributed by atoms with van der Waals surface area (Å²) in [5.74, 6) is 0.944. The molecule has 1 aromatic heterocycles. The van der Waals surface area contributed by atoms with Crippen molar-refractivity contribution in [3.05, 3.63) is 76.6 Å². The third-order valence-electron chi connectivity index (χ3n) is 4.05. The molecule has 0 unspecified atom stereocenters. The van der Waals surface area contributed by atoms with Crippen molar-refractivity contribution in [2.24, 2.45) is 0 Å². The molecule has 0 saturated carbocycles. The van der Waals surface area contributed by atoms with Gasteiger partial charge >= 0.3 is 5.69 Å². The third-order valence-corrected chi connectivity index (χ3v) is 4.05. The Morgan fingerprint density at radius 1 is 1.11 bits per heavy atom. The van der Waals surface area contributed by atoms with Gasteiger partial charge in [0.05, 0.1) is 17.2 Å². The van der Waals surface area contributed by atoms with Crippen LogP contribution < -0.4 is 15.0 Å². The van der Waals surface area contributed by atoms with Gasteiger partial charge in [-0.2, -0.15) is 0 Å². The summed E-state index contributed by atoms with van der Waals surface area (Å²) >= 11 is 0. The highest BCUT2D eigenvalue weighted by atomic mass is 16.6. The Bertz CT molecular complexity index is 950. The van der Waals surface area contributed by atoms with Crippen LogP contribution in [0.2, 0.25) is 0 Å². The van der Waals surface area contributed by atoms with Gasteiger partial charge in [0.25, 0.3) is 0 Å². The fourth-order valence-electron chi connectivity index (χ4n) is 2.82. The number of hydrogen-bond acceptors (Lipinski definition) is 7. The van der Waals surface area contributed by atoms with Crippen LogP contribution in [-0.4, -0.2) is 28.5 Å². The van der Waals surface area contributed by atoms with Crippen LogP contribution in [0.5, 0.6) is 5.75 Å². The van der Waals surface area contributed by atoms with Crippen molar-refractivity contribution >= 4 is 23.0 Å². The van der Waals surface area contributed by atoms with E-state index in [4.69, 9.17) is 4.74 Å². The summed E-state index contributed by atoms with van der Waals surface area (Å²) < 4.78 is 5.58. The number of nitro groups is 1. The van der Waals surface area contributed by atoms with Gasteiger partial charge in [0.15, 0.2) is 0 Å². The van der Waals surface area contributed by atoms with Crippen LogP contribution in [-0.2, 0) is 6.54 Å². The SMILES string of the molecule is CCOc1ccccc1Nc1ncnc(N(C)Cc2ccccc2)c1[N+](=O)[O-]. The largest absolute Gasteiger partial charge is 0.492 e. The maximum absolute atomic E-state index is 11.8. The van der Waals surface area contributed by atoms with E-state index >= 15 is 0 Å². The van der Waals surface area contributed by atoms with Crippen molar-refractivity contribution in [3.63, 3.8) is 0 Å². The Kier molecular flexibility index (Phi) is 6.01. The Balaban J connectivity index is 1.95. The first kappa shape index (κ1) is 19.1. The second-order valence-corrected chi connectivity index (χ2v) is 6.05. The van der Waals surface area contributed by atoms with Crippen LogP contribution >= 0.6 is 0 Å². The zero-order valence-corrected chi connectivity index (χ0v) is 15.7. The average Bonchev–Trinajstić information content (AvgIpc) is 2.70. The zero-order chi connectivity index (χ0) is 19.9. The lowest BCUT2D eigenvalue weighted by Crippen LogP contribution is -2.20. The molecule has 8 heteroatoms. The van der Waals surface area contributed by atoms with E-state index in [0.717, 1.165) is 5.56 Å². The van der Waals surface area contributed by atoms with Crippen LogP contribution in [0.15, 0.2) is 60.9 Å². The van der Waals surface area contributed by atoms with Gasteiger partial charge in [-0.25, -0.2) is 9.97 Å². The average molecular weight is 379 g/mol. The molecule has 0 bridgehead atoms. The van der Waals surface area contributed by atoms with Gasteiger partial charge in [0.1, 0.15) is 12.1 Å². The first-order valence-corrected chi connectivity index (χ1v) is 8.83. The van der Waals surface area contributed by atoms with Crippen LogP contribution in [0.25, 0.3) is 0 Å². The molecule has 0 fully saturated rings. The van der Waals surface area contributed by atoms with Gasteiger partial charge < -0.3 is 15.0 Å². The number of ether oxygens (including phenoxy) is 1. The highest BCUT2D eigenvalue weighted by Crippen LogP contribution is 2.35. The predicted octanol–water partition coefficient (Wildman–Crippen LogP) is 4.16. The van der Waals surface area contributed by atoms with Crippen molar-refractivity contribution < 1.29 is 9.66 Å². The molecule has 0 aliphatic rings. The molecule has 1 heterocycles. The van der Waals surface area contributed by atoms with Gasteiger partial charge in [-0.3, -0.25) is 10.1 Å². The molecule has 0 aliphatic heterocycles. The van der Waals surface area contributed by atoms with Crippen molar-refractivity contribution in [1.29, 1.82) is 0 Å². The molecule has 0 radical (unpaired) electrons. The molecule has 0 atom stereocenters.